The molecule has 0 bridgehead atoms. The minimum atomic E-state index is -0.594. The van der Waals surface area contributed by atoms with Crippen LogP contribution in [0.15, 0.2) is 30.6 Å². The highest BCUT2D eigenvalue weighted by Crippen LogP contribution is 2.36. The zero-order valence-electron chi connectivity index (χ0n) is 16.2. The molecule has 0 atom stereocenters. The first-order valence-electron chi connectivity index (χ1n) is 9.85. The Morgan fingerprint density at radius 2 is 2.17 bits per heavy atom. The second-order valence-electron chi connectivity index (χ2n) is 7.63. The Kier molecular flexibility index (Phi) is 4.34. The van der Waals surface area contributed by atoms with Crippen molar-refractivity contribution in [1.82, 2.24) is 14.5 Å². The summed E-state index contributed by atoms with van der Waals surface area (Å²) in [6.07, 6.45) is 4.46. The van der Waals surface area contributed by atoms with Crippen LogP contribution >= 0.6 is 0 Å². The Labute approximate surface area is 167 Å². The molecule has 2 aromatic heterocycles. The van der Waals surface area contributed by atoms with Crippen LogP contribution in [0.2, 0.25) is 0 Å². The predicted octanol–water partition coefficient (Wildman–Crippen LogP) is 3.59. The van der Waals surface area contributed by atoms with E-state index >= 15 is 0 Å². The molecular formula is C21H22FN5O2. The molecule has 1 N–H and O–H groups in total. The van der Waals surface area contributed by atoms with Gasteiger partial charge in [0.25, 0.3) is 5.91 Å². The number of imidazole rings is 1. The molecule has 0 radical (unpaired) electrons. The number of benzene rings is 1. The number of hydrogen-bond acceptors (Lipinski definition) is 5. The number of aromatic nitrogens is 3. The fraction of sp³-hybridized carbons (Fsp3) is 0.381. The van der Waals surface area contributed by atoms with E-state index < -0.39 is 6.67 Å². The Morgan fingerprint density at radius 3 is 2.97 bits per heavy atom. The van der Waals surface area contributed by atoms with E-state index in [-0.39, 0.29) is 19.1 Å². The molecule has 8 heteroatoms. The lowest BCUT2D eigenvalue weighted by Gasteiger charge is -2.29. The number of carbonyl (C=O) groups excluding carboxylic acids is 1. The molecule has 3 aromatic rings. The minimum absolute atomic E-state index is 0.0321. The molecule has 1 fully saturated rings. The van der Waals surface area contributed by atoms with Crippen molar-refractivity contribution in [2.45, 2.75) is 26.3 Å². The Morgan fingerprint density at radius 1 is 1.31 bits per heavy atom. The number of fused-ring (bicyclic) bond motifs is 2. The lowest BCUT2D eigenvalue weighted by molar-refractivity contribution is -0.121. The number of hydrogen-bond donors (Lipinski definition) is 1. The van der Waals surface area contributed by atoms with Gasteiger partial charge in [-0.25, -0.2) is 14.4 Å². The summed E-state index contributed by atoms with van der Waals surface area (Å²) >= 11 is 0. The standard InChI is InChI=1S/C21H22FN5O2/c1-13-21-17(26(12-23-21)10-14-2-3-14)9-19(24-13)25-15-4-5-16-18(8-15)29-11-20(28)27(16)7-6-22/h4-5,8-9,12,14H,2-3,6-7,10-11H2,1H3,(H,24,25). The second-order valence-corrected chi connectivity index (χ2v) is 7.63. The van der Waals surface area contributed by atoms with Crippen molar-refractivity contribution in [1.29, 1.82) is 0 Å². The van der Waals surface area contributed by atoms with Gasteiger partial charge in [0.2, 0.25) is 0 Å². The van der Waals surface area contributed by atoms with Crippen molar-refractivity contribution in [3.8, 4) is 5.75 Å². The van der Waals surface area contributed by atoms with Crippen LogP contribution in [0.1, 0.15) is 18.5 Å². The number of anilines is 3. The van der Waals surface area contributed by atoms with Crippen molar-refractivity contribution >= 4 is 34.1 Å². The fourth-order valence-electron chi connectivity index (χ4n) is 3.77. The molecule has 1 aliphatic heterocycles. The third-order valence-electron chi connectivity index (χ3n) is 5.42. The van der Waals surface area contributed by atoms with Gasteiger partial charge in [0.05, 0.1) is 29.8 Å². The molecule has 1 aromatic carbocycles. The van der Waals surface area contributed by atoms with Crippen LogP contribution in [0.5, 0.6) is 5.75 Å². The van der Waals surface area contributed by atoms with Crippen molar-refractivity contribution in [2.24, 2.45) is 5.92 Å². The van der Waals surface area contributed by atoms with Gasteiger partial charge in [-0.15, -0.1) is 0 Å². The maximum atomic E-state index is 12.8. The van der Waals surface area contributed by atoms with Crippen LogP contribution in [0.3, 0.4) is 0 Å². The first-order chi connectivity index (χ1) is 14.1. The summed E-state index contributed by atoms with van der Waals surface area (Å²) in [6.45, 7) is 2.30. The number of rotatable bonds is 6. The molecule has 29 heavy (non-hydrogen) atoms. The van der Waals surface area contributed by atoms with Crippen LogP contribution in [-0.2, 0) is 11.3 Å². The molecule has 1 amide bonds. The van der Waals surface area contributed by atoms with Gasteiger partial charge in [-0.1, -0.05) is 0 Å². The van der Waals surface area contributed by atoms with E-state index in [2.05, 4.69) is 19.9 Å². The van der Waals surface area contributed by atoms with Crippen LogP contribution < -0.4 is 15.0 Å². The molecule has 0 saturated heterocycles. The van der Waals surface area contributed by atoms with Crippen molar-refractivity contribution < 1.29 is 13.9 Å². The topological polar surface area (TPSA) is 72.3 Å². The molecule has 150 valence electrons. The van der Waals surface area contributed by atoms with Crippen LogP contribution in [-0.4, -0.2) is 40.3 Å². The van der Waals surface area contributed by atoms with E-state index in [1.165, 1.54) is 17.7 Å². The van der Waals surface area contributed by atoms with Gasteiger partial charge in [0.1, 0.15) is 23.8 Å². The van der Waals surface area contributed by atoms with Crippen LogP contribution in [0.25, 0.3) is 11.0 Å². The smallest absolute Gasteiger partial charge is 0.265 e. The Hall–Kier alpha value is -3.16. The number of nitrogens with zero attached hydrogens (tertiary/aromatic N) is 4. The van der Waals surface area contributed by atoms with Gasteiger partial charge < -0.3 is 19.5 Å². The number of ether oxygens (including phenoxy) is 1. The quantitative estimate of drug-likeness (QED) is 0.691. The number of carbonyl (C=O) groups is 1. The fourth-order valence-corrected chi connectivity index (χ4v) is 3.77. The summed E-state index contributed by atoms with van der Waals surface area (Å²) in [5, 5.41) is 3.32. The number of pyridine rings is 1. The van der Waals surface area contributed by atoms with E-state index in [1.807, 2.05) is 31.5 Å². The summed E-state index contributed by atoms with van der Waals surface area (Å²) < 4.78 is 20.6. The molecule has 5 rings (SSSR count). The maximum Gasteiger partial charge on any atom is 0.265 e. The monoisotopic (exact) mass is 395 g/mol. The van der Waals surface area contributed by atoms with Gasteiger partial charge in [-0.05, 0) is 37.8 Å². The maximum absolute atomic E-state index is 12.8. The van der Waals surface area contributed by atoms with Gasteiger partial charge >= 0.3 is 0 Å². The second kappa shape index (κ2) is 7.02. The van der Waals surface area contributed by atoms with E-state index in [1.54, 1.807) is 6.07 Å². The normalized spacial score (nSPS) is 16.1. The number of halogens is 1. The molecule has 7 nitrogen and oxygen atoms in total. The van der Waals surface area contributed by atoms with E-state index in [4.69, 9.17) is 4.74 Å². The Balaban J connectivity index is 1.44. The highest BCUT2D eigenvalue weighted by atomic mass is 19.1. The lowest BCUT2D eigenvalue weighted by Crippen LogP contribution is -2.40. The average Bonchev–Trinajstić information content (AvgIpc) is 3.43. The van der Waals surface area contributed by atoms with Crippen molar-refractivity contribution in [3.63, 3.8) is 0 Å². The summed E-state index contributed by atoms with van der Waals surface area (Å²) in [6, 6.07) is 7.44. The largest absolute Gasteiger partial charge is 0.481 e. The minimum Gasteiger partial charge on any atom is -0.481 e. The number of amides is 1. The van der Waals surface area contributed by atoms with E-state index in [0.29, 0.717) is 11.4 Å². The van der Waals surface area contributed by atoms with Crippen molar-refractivity contribution in [2.75, 3.05) is 30.0 Å². The molecule has 1 aliphatic carbocycles. The third kappa shape index (κ3) is 3.39. The molecular weight excluding hydrogens is 373 g/mol. The molecule has 1 saturated carbocycles. The highest BCUT2D eigenvalue weighted by Gasteiger charge is 2.26. The first kappa shape index (κ1) is 17.9. The molecule has 3 heterocycles. The van der Waals surface area contributed by atoms with Crippen LogP contribution in [0.4, 0.5) is 21.6 Å². The first-order valence-corrected chi connectivity index (χ1v) is 9.85. The summed E-state index contributed by atoms with van der Waals surface area (Å²) in [5.74, 6) is 1.80. The molecule has 0 spiro atoms. The van der Waals surface area contributed by atoms with Crippen LogP contribution in [0, 0.1) is 12.8 Å². The van der Waals surface area contributed by atoms with E-state index in [9.17, 15) is 9.18 Å². The zero-order valence-corrected chi connectivity index (χ0v) is 16.2. The SMILES string of the molecule is Cc1nc(Nc2ccc3c(c2)OCC(=O)N3CCF)cc2c1ncn2CC1CC1. The molecule has 2 aliphatic rings. The summed E-state index contributed by atoms with van der Waals surface area (Å²) in [5.41, 5.74) is 4.24. The van der Waals surface area contributed by atoms with E-state index in [0.717, 1.165) is 40.7 Å². The zero-order chi connectivity index (χ0) is 20.0. The highest BCUT2D eigenvalue weighted by molar-refractivity contribution is 5.98. The average molecular weight is 395 g/mol. The molecule has 0 unspecified atom stereocenters. The number of alkyl halides is 1. The number of nitrogens with one attached hydrogen (secondary N) is 1. The summed E-state index contributed by atoms with van der Waals surface area (Å²) in [4.78, 5) is 22.6. The third-order valence-corrected chi connectivity index (χ3v) is 5.42. The summed E-state index contributed by atoms with van der Waals surface area (Å²) in [7, 11) is 0. The van der Waals surface area contributed by atoms with Gasteiger partial charge in [-0.2, -0.15) is 0 Å². The van der Waals surface area contributed by atoms with Gasteiger partial charge in [0, 0.05) is 24.4 Å². The lowest BCUT2D eigenvalue weighted by atomic mass is 10.2. The van der Waals surface area contributed by atoms with Gasteiger partial charge in [0.15, 0.2) is 6.61 Å². The number of aryl methyl sites for hydroxylation is 1. The Bertz CT molecular complexity index is 1090. The predicted molar refractivity (Wildman–Crippen MR) is 109 cm³/mol. The van der Waals surface area contributed by atoms with Crippen molar-refractivity contribution in [3.05, 3.63) is 36.3 Å². The van der Waals surface area contributed by atoms with Gasteiger partial charge in [-0.3, -0.25) is 4.79 Å².